The second-order valence-corrected chi connectivity index (χ2v) is 6.24. The Morgan fingerprint density at radius 1 is 1.52 bits per heavy atom. The number of pyridine rings is 1. The third-order valence-electron chi connectivity index (χ3n) is 4.01. The highest BCUT2D eigenvalue weighted by Gasteiger charge is 2.26. The van der Waals surface area contributed by atoms with Crippen molar-refractivity contribution in [3.05, 3.63) is 34.9 Å². The molecule has 0 saturated carbocycles. The molecule has 2 heterocycles. The van der Waals surface area contributed by atoms with Gasteiger partial charge in [0.15, 0.2) is 0 Å². The first-order valence-electron chi connectivity index (χ1n) is 7.61. The number of ether oxygens (including phenoxy) is 1. The molecule has 0 amide bonds. The molecule has 1 aliphatic heterocycles. The summed E-state index contributed by atoms with van der Waals surface area (Å²) < 4.78 is 5.53. The van der Waals surface area contributed by atoms with Crippen LogP contribution in [0.1, 0.15) is 18.9 Å². The van der Waals surface area contributed by atoms with E-state index in [1.165, 1.54) is 0 Å². The first-order chi connectivity index (χ1) is 11.1. The number of hydrogen-bond donors (Lipinski definition) is 1. The van der Waals surface area contributed by atoms with Gasteiger partial charge in [0.25, 0.3) is 0 Å². The Bertz CT molecular complexity index is 757. The van der Waals surface area contributed by atoms with Crippen LogP contribution in [0.3, 0.4) is 0 Å². The number of hydrogen-bond acceptors (Lipinski definition) is 5. The lowest BCUT2D eigenvalue weighted by Gasteiger charge is -2.37. The van der Waals surface area contributed by atoms with Crippen molar-refractivity contribution in [2.24, 2.45) is 0 Å². The van der Waals surface area contributed by atoms with E-state index in [1.54, 1.807) is 25.1 Å². The van der Waals surface area contributed by atoms with Gasteiger partial charge in [-0.3, -0.25) is 0 Å². The molecule has 1 aliphatic rings. The van der Waals surface area contributed by atoms with E-state index >= 15 is 0 Å². The fourth-order valence-electron chi connectivity index (χ4n) is 2.97. The minimum atomic E-state index is -0.418. The van der Waals surface area contributed by atoms with Crippen molar-refractivity contribution in [2.75, 3.05) is 24.7 Å². The number of rotatable bonds is 3. The van der Waals surface area contributed by atoms with E-state index in [4.69, 9.17) is 16.3 Å². The van der Waals surface area contributed by atoms with Gasteiger partial charge >= 0.3 is 0 Å². The highest BCUT2D eigenvalue weighted by Crippen LogP contribution is 2.28. The van der Waals surface area contributed by atoms with Gasteiger partial charge in [-0.2, -0.15) is 5.26 Å². The molecule has 1 N–H and O–H groups in total. The first kappa shape index (κ1) is 16.0. The van der Waals surface area contributed by atoms with E-state index in [-0.39, 0.29) is 6.04 Å². The molecule has 0 aliphatic carbocycles. The number of nitrogens with zero attached hydrogens (tertiary/aromatic N) is 3. The average Bonchev–Trinajstić information content (AvgIpc) is 2.54. The van der Waals surface area contributed by atoms with Gasteiger partial charge in [-0.1, -0.05) is 11.6 Å². The molecule has 2 aromatic rings. The zero-order chi connectivity index (χ0) is 16.4. The molecule has 1 aromatic carbocycles. The zero-order valence-corrected chi connectivity index (χ0v) is 13.6. The fraction of sp³-hybridized carbons (Fsp3) is 0.412. The molecule has 1 aromatic heterocycles. The van der Waals surface area contributed by atoms with Crippen molar-refractivity contribution >= 4 is 28.3 Å². The van der Waals surface area contributed by atoms with Crippen molar-refractivity contribution in [2.45, 2.75) is 25.5 Å². The molecule has 5 nitrogen and oxygen atoms in total. The summed E-state index contributed by atoms with van der Waals surface area (Å²) in [5, 5.41) is 20.5. The second kappa shape index (κ2) is 6.71. The van der Waals surface area contributed by atoms with Crippen LogP contribution in [0, 0.1) is 11.3 Å². The number of fused-ring (bicyclic) bond motifs is 1. The van der Waals surface area contributed by atoms with Gasteiger partial charge < -0.3 is 14.7 Å². The Labute approximate surface area is 140 Å². The van der Waals surface area contributed by atoms with Crippen molar-refractivity contribution in [1.82, 2.24) is 4.98 Å². The zero-order valence-electron chi connectivity index (χ0n) is 12.9. The quantitative estimate of drug-likeness (QED) is 0.936. The van der Waals surface area contributed by atoms with Crippen molar-refractivity contribution < 1.29 is 9.84 Å². The first-order valence-corrected chi connectivity index (χ1v) is 7.99. The highest BCUT2D eigenvalue weighted by molar-refractivity contribution is 6.31. The van der Waals surface area contributed by atoms with E-state index in [9.17, 15) is 10.4 Å². The number of benzene rings is 1. The van der Waals surface area contributed by atoms with Gasteiger partial charge in [0.2, 0.25) is 0 Å². The lowest BCUT2D eigenvalue weighted by Crippen LogP contribution is -2.47. The summed E-state index contributed by atoms with van der Waals surface area (Å²) >= 11 is 6.02. The summed E-state index contributed by atoms with van der Waals surface area (Å²) in [6.45, 7) is 3.61. The molecule has 0 spiro atoms. The summed E-state index contributed by atoms with van der Waals surface area (Å²) in [5.41, 5.74) is 1.29. The van der Waals surface area contributed by atoms with E-state index in [2.05, 4.69) is 16.0 Å². The van der Waals surface area contributed by atoms with Gasteiger partial charge in [-0.25, -0.2) is 4.98 Å². The smallest absolute Gasteiger partial charge is 0.130 e. The van der Waals surface area contributed by atoms with E-state index in [1.807, 2.05) is 6.07 Å². The Morgan fingerprint density at radius 3 is 3.09 bits per heavy atom. The fourth-order valence-corrected chi connectivity index (χ4v) is 3.14. The summed E-state index contributed by atoms with van der Waals surface area (Å²) in [6.07, 6.45) is 0.182. The molecule has 1 saturated heterocycles. The van der Waals surface area contributed by atoms with Crippen LogP contribution in [0.4, 0.5) is 5.82 Å². The number of halogens is 1. The number of morpholine rings is 1. The molecule has 2 unspecified atom stereocenters. The van der Waals surface area contributed by atoms with Crippen molar-refractivity contribution in [3.63, 3.8) is 0 Å². The maximum Gasteiger partial charge on any atom is 0.130 e. The largest absolute Gasteiger partial charge is 0.393 e. The van der Waals surface area contributed by atoms with Crippen molar-refractivity contribution in [3.8, 4) is 6.07 Å². The van der Waals surface area contributed by atoms with E-state index in [0.29, 0.717) is 36.8 Å². The van der Waals surface area contributed by atoms with Crippen LogP contribution in [0.15, 0.2) is 24.3 Å². The molecule has 3 rings (SSSR count). The molecular weight excluding hydrogens is 314 g/mol. The van der Waals surface area contributed by atoms with Gasteiger partial charge in [-0.05, 0) is 37.6 Å². The van der Waals surface area contributed by atoms with Crippen LogP contribution in [0.25, 0.3) is 10.9 Å². The van der Waals surface area contributed by atoms with Crippen LogP contribution in [-0.2, 0) is 4.74 Å². The van der Waals surface area contributed by atoms with Gasteiger partial charge in [0.1, 0.15) is 5.82 Å². The lowest BCUT2D eigenvalue weighted by molar-refractivity contribution is 0.0718. The van der Waals surface area contributed by atoms with E-state index in [0.717, 1.165) is 16.7 Å². The monoisotopic (exact) mass is 331 g/mol. The SMILES string of the molecule is CC(O)CC1COCCN1c1cc(C#N)c2cc(Cl)ccc2n1. The molecule has 0 bridgehead atoms. The topological polar surface area (TPSA) is 69.4 Å². The summed E-state index contributed by atoms with van der Waals surface area (Å²) in [6, 6.07) is 9.43. The Morgan fingerprint density at radius 2 is 2.35 bits per heavy atom. The van der Waals surface area contributed by atoms with Crippen molar-refractivity contribution in [1.29, 1.82) is 5.26 Å². The Hall–Kier alpha value is -1.87. The standard InChI is InChI=1S/C17H18ClN3O2/c1-11(22)6-14-10-23-5-4-21(14)17-7-12(9-19)15-8-13(18)2-3-16(15)20-17/h2-3,7-8,11,14,22H,4-6,10H2,1H3. The van der Waals surface area contributed by atoms with Crippen LogP contribution in [0.5, 0.6) is 0 Å². The van der Waals surface area contributed by atoms with Crippen LogP contribution in [0.2, 0.25) is 5.02 Å². The number of aliphatic hydroxyl groups excluding tert-OH is 1. The third kappa shape index (κ3) is 3.40. The van der Waals surface area contributed by atoms with Crippen LogP contribution < -0.4 is 4.90 Å². The molecule has 6 heteroatoms. The minimum Gasteiger partial charge on any atom is -0.393 e. The van der Waals surface area contributed by atoms with Gasteiger partial charge in [0, 0.05) is 17.0 Å². The number of nitriles is 1. The van der Waals surface area contributed by atoms with Gasteiger partial charge in [-0.15, -0.1) is 0 Å². The normalized spacial score (nSPS) is 19.6. The minimum absolute atomic E-state index is 0.0487. The molecule has 2 atom stereocenters. The molecule has 23 heavy (non-hydrogen) atoms. The lowest BCUT2D eigenvalue weighted by atomic mass is 10.1. The highest BCUT2D eigenvalue weighted by atomic mass is 35.5. The maximum absolute atomic E-state index is 9.70. The number of anilines is 1. The Balaban J connectivity index is 2.04. The molecule has 120 valence electrons. The average molecular weight is 332 g/mol. The summed E-state index contributed by atoms with van der Waals surface area (Å²) in [7, 11) is 0. The predicted molar refractivity (Wildman–Crippen MR) is 89.7 cm³/mol. The summed E-state index contributed by atoms with van der Waals surface area (Å²) in [5.74, 6) is 0.741. The molecule has 1 fully saturated rings. The second-order valence-electron chi connectivity index (χ2n) is 5.81. The number of aliphatic hydroxyl groups is 1. The van der Waals surface area contributed by atoms with Gasteiger partial charge in [0.05, 0.1) is 42.5 Å². The van der Waals surface area contributed by atoms with Crippen LogP contribution in [-0.4, -0.2) is 42.0 Å². The van der Waals surface area contributed by atoms with Crippen LogP contribution >= 0.6 is 11.6 Å². The third-order valence-corrected chi connectivity index (χ3v) is 4.25. The predicted octanol–water partition coefficient (Wildman–Crippen LogP) is 2.74. The summed E-state index contributed by atoms with van der Waals surface area (Å²) in [4.78, 5) is 6.80. The maximum atomic E-state index is 9.70. The molecular formula is C17H18ClN3O2. The number of aromatic nitrogens is 1. The van der Waals surface area contributed by atoms with E-state index < -0.39 is 6.10 Å². The Kier molecular flexibility index (Phi) is 4.67. The molecule has 0 radical (unpaired) electrons.